The van der Waals surface area contributed by atoms with E-state index in [-0.39, 0.29) is 0 Å². The molecule has 1 heteroatoms. The Morgan fingerprint density at radius 3 is 2.12 bits per heavy atom. The molecule has 0 aromatic rings. The zero-order valence-electron chi connectivity index (χ0n) is 11.6. The van der Waals surface area contributed by atoms with Crippen LogP contribution in [0.15, 0.2) is 0 Å². The van der Waals surface area contributed by atoms with E-state index < -0.39 is 0 Å². The Hall–Kier alpha value is -0.0400. The fourth-order valence-corrected chi connectivity index (χ4v) is 2.46. The van der Waals surface area contributed by atoms with Crippen LogP contribution in [-0.4, -0.2) is 12.7 Å². The van der Waals surface area contributed by atoms with Crippen molar-refractivity contribution in [2.24, 2.45) is 5.41 Å². The first kappa shape index (κ1) is 14.0. The summed E-state index contributed by atoms with van der Waals surface area (Å²) in [4.78, 5) is 0. The smallest absolute Gasteiger partial charge is 0.0815 e. The largest absolute Gasteiger partial charge is 0.373 e. The van der Waals surface area contributed by atoms with E-state index in [1.54, 1.807) is 0 Å². The van der Waals surface area contributed by atoms with Crippen molar-refractivity contribution in [3.63, 3.8) is 0 Å². The van der Waals surface area contributed by atoms with Crippen LogP contribution < -0.4 is 0 Å². The third-order valence-electron chi connectivity index (χ3n) is 3.64. The van der Waals surface area contributed by atoms with Crippen molar-refractivity contribution in [1.82, 2.24) is 0 Å². The zero-order chi connectivity index (χ0) is 11.9. The summed E-state index contributed by atoms with van der Waals surface area (Å²) in [5.41, 5.74) is 0.505. The van der Waals surface area contributed by atoms with Crippen molar-refractivity contribution in [3.05, 3.63) is 0 Å². The van der Waals surface area contributed by atoms with E-state index in [0.29, 0.717) is 11.5 Å². The van der Waals surface area contributed by atoms with Crippen molar-refractivity contribution in [1.29, 1.82) is 0 Å². The standard InChI is InChI=1S/C15H30O/c1-4-5-6-7-8-9-10-11-15(2,3)12-14-13-16-14/h14H,4-13H2,1-3H3. The van der Waals surface area contributed by atoms with Crippen molar-refractivity contribution < 1.29 is 4.74 Å². The predicted molar refractivity (Wildman–Crippen MR) is 70.7 cm³/mol. The Morgan fingerprint density at radius 1 is 1.00 bits per heavy atom. The second kappa shape index (κ2) is 7.32. The molecular weight excluding hydrogens is 196 g/mol. The second-order valence-electron chi connectivity index (χ2n) is 6.19. The highest BCUT2D eigenvalue weighted by Gasteiger charge is 2.30. The monoisotopic (exact) mass is 226 g/mol. The van der Waals surface area contributed by atoms with Crippen LogP contribution in [0.4, 0.5) is 0 Å². The number of ether oxygens (including phenoxy) is 1. The molecule has 1 nitrogen and oxygen atoms in total. The molecule has 0 radical (unpaired) electrons. The molecule has 0 aromatic heterocycles. The molecule has 96 valence electrons. The van der Waals surface area contributed by atoms with E-state index >= 15 is 0 Å². The van der Waals surface area contributed by atoms with Gasteiger partial charge >= 0.3 is 0 Å². The van der Waals surface area contributed by atoms with E-state index in [1.807, 2.05) is 0 Å². The maximum absolute atomic E-state index is 5.32. The van der Waals surface area contributed by atoms with Crippen molar-refractivity contribution in [2.45, 2.75) is 84.7 Å². The van der Waals surface area contributed by atoms with Crippen LogP contribution in [0.5, 0.6) is 0 Å². The molecule has 1 atom stereocenters. The van der Waals surface area contributed by atoms with Gasteiger partial charge in [-0.05, 0) is 18.3 Å². The molecule has 16 heavy (non-hydrogen) atoms. The van der Waals surface area contributed by atoms with Crippen molar-refractivity contribution in [3.8, 4) is 0 Å². The molecular formula is C15H30O. The molecule has 1 fully saturated rings. The first-order valence-corrected chi connectivity index (χ1v) is 7.26. The van der Waals surface area contributed by atoms with Gasteiger partial charge in [0.05, 0.1) is 12.7 Å². The van der Waals surface area contributed by atoms with Crippen LogP contribution >= 0.6 is 0 Å². The van der Waals surface area contributed by atoms with Gasteiger partial charge in [-0.3, -0.25) is 0 Å². The lowest BCUT2D eigenvalue weighted by Gasteiger charge is -2.23. The molecule has 0 amide bonds. The summed E-state index contributed by atoms with van der Waals surface area (Å²) in [6.07, 6.45) is 13.2. The zero-order valence-corrected chi connectivity index (χ0v) is 11.6. The van der Waals surface area contributed by atoms with Gasteiger partial charge in [0.15, 0.2) is 0 Å². The van der Waals surface area contributed by atoms with Crippen LogP contribution in [0.2, 0.25) is 0 Å². The molecule has 0 saturated carbocycles. The van der Waals surface area contributed by atoms with Gasteiger partial charge in [-0.1, -0.05) is 65.7 Å². The van der Waals surface area contributed by atoms with Gasteiger partial charge in [0, 0.05) is 0 Å². The molecule has 1 unspecified atom stereocenters. The lowest BCUT2D eigenvalue weighted by molar-refractivity contribution is 0.251. The molecule has 1 heterocycles. The highest BCUT2D eigenvalue weighted by molar-refractivity contribution is 4.79. The summed E-state index contributed by atoms with van der Waals surface area (Å²) in [7, 11) is 0. The van der Waals surface area contributed by atoms with Gasteiger partial charge < -0.3 is 4.74 Å². The summed E-state index contributed by atoms with van der Waals surface area (Å²) in [5, 5.41) is 0. The van der Waals surface area contributed by atoms with E-state index in [0.717, 1.165) is 6.61 Å². The highest BCUT2D eigenvalue weighted by Crippen LogP contribution is 2.33. The van der Waals surface area contributed by atoms with Gasteiger partial charge in [0.2, 0.25) is 0 Å². The van der Waals surface area contributed by atoms with Crippen LogP contribution in [0, 0.1) is 5.41 Å². The first-order valence-electron chi connectivity index (χ1n) is 7.26. The van der Waals surface area contributed by atoms with Gasteiger partial charge in [-0.15, -0.1) is 0 Å². The Balaban J connectivity index is 1.88. The highest BCUT2D eigenvalue weighted by atomic mass is 16.6. The van der Waals surface area contributed by atoms with Gasteiger partial charge in [-0.25, -0.2) is 0 Å². The van der Waals surface area contributed by atoms with Crippen LogP contribution in [0.1, 0.15) is 78.6 Å². The molecule has 1 rings (SSSR count). The second-order valence-corrected chi connectivity index (χ2v) is 6.19. The molecule has 0 spiro atoms. The van der Waals surface area contributed by atoms with E-state index in [9.17, 15) is 0 Å². The average molecular weight is 226 g/mol. The van der Waals surface area contributed by atoms with Gasteiger partial charge in [0.25, 0.3) is 0 Å². The van der Waals surface area contributed by atoms with Crippen molar-refractivity contribution in [2.75, 3.05) is 6.61 Å². The Labute approximate surface area is 102 Å². The number of unbranched alkanes of at least 4 members (excludes halogenated alkanes) is 6. The normalized spacial score (nSPS) is 20.1. The Morgan fingerprint density at radius 2 is 1.56 bits per heavy atom. The quantitative estimate of drug-likeness (QED) is 0.379. The SMILES string of the molecule is CCCCCCCCCC(C)(C)CC1CO1. The minimum atomic E-state index is 0.505. The lowest BCUT2D eigenvalue weighted by Crippen LogP contribution is -2.14. The third-order valence-corrected chi connectivity index (χ3v) is 3.64. The molecule has 1 aliphatic heterocycles. The summed E-state index contributed by atoms with van der Waals surface area (Å²) < 4.78 is 5.32. The molecule has 0 aromatic carbocycles. The lowest BCUT2D eigenvalue weighted by atomic mass is 9.82. The maximum atomic E-state index is 5.32. The summed E-state index contributed by atoms with van der Waals surface area (Å²) in [5.74, 6) is 0. The number of hydrogen-bond acceptors (Lipinski definition) is 1. The fourth-order valence-electron chi connectivity index (χ4n) is 2.46. The Bertz CT molecular complexity index is 170. The maximum Gasteiger partial charge on any atom is 0.0815 e. The number of epoxide rings is 1. The van der Waals surface area contributed by atoms with Crippen LogP contribution in [-0.2, 0) is 4.74 Å². The first-order chi connectivity index (χ1) is 7.64. The van der Waals surface area contributed by atoms with Gasteiger partial charge in [0.1, 0.15) is 0 Å². The van der Waals surface area contributed by atoms with Crippen molar-refractivity contribution >= 4 is 0 Å². The van der Waals surface area contributed by atoms with Gasteiger partial charge in [-0.2, -0.15) is 0 Å². The minimum Gasteiger partial charge on any atom is -0.373 e. The summed E-state index contributed by atoms with van der Waals surface area (Å²) in [6.45, 7) is 8.08. The molecule has 0 aliphatic carbocycles. The van der Waals surface area contributed by atoms with E-state index in [4.69, 9.17) is 4.74 Å². The summed E-state index contributed by atoms with van der Waals surface area (Å²) in [6, 6.07) is 0. The number of hydrogen-bond donors (Lipinski definition) is 0. The van der Waals surface area contributed by atoms with Crippen LogP contribution in [0.3, 0.4) is 0 Å². The van der Waals surface area contributed by atoms with E-state index in [1.165, 1.54) is 57.8 Å². The topological polar surface area (TPSA) is 12.5 Å². The average Bonchev–Trinajstić information content (AvgIpc) is 2.99. The van der Waals surface area contributed by atoms with Crippen LogP contribution in [0.25, 0.3) is 0 Å². The van der Waals surface area contributed by atoms with E-state index in [2.05, 4.69) is 20.8 Å². The number of rotatable bonds is 10. The molecule has 0 bridgehead atoms. The third kappa shape index (κ3) is 7.27. The Kier molecular flexibility index (Phi) is 6.41. The predicted octanol–water partition coefficient (Wildman–Crippen LogP) is 4.94. The molecule has 0 N–H and O–H groups in total. The fraction of sp³-hybridized carbons (Fsp3) is 1.00. The summed E-state index contributed by atoms with van der Waals surface area (Å²) >= 11 is 0. The molecule has 1 aliphatic rings. The minimum absolute atomic E-state index is 0.505. The molecule has 1 saturated heterocycles.